The second kappa shape index (κ2) is 6.20. The highest BCUT2D eigenvalue weighted by atomic mass is 35.5. The minimum absolute atomic E-state index is 0.140. The third-order valence-electron chi connectivity index (χ3n) is 2.23. The number of hydrogen-bond acceptors (Lipinski definition) is 4. The molecule has 0 bridgehead atoms. The smallest absolute Gasteiger partial charge is 0.353 e. The number of halogens is 1. The third kappa shape index (κ3) is 3.59. The van der Waals surface area contributed by atoms with Crippen LogP contribution in [0.4, 0.5) is 0 Å². The number of hydrogen-bond donors (Lipinski definition) is 2. The number of nitrogens with zero attached hydrogens (tertiary/aromatic N) is 1. The van der Waals surface area contributed by atoms with Crippen molar-refractivity contribution in [3.8, 4) is 6.01 Å². The second-order valence-electron chi connectivity index (χ2n) is 3.71. The van der Waals surface area contributed by atoms with E-state index in [0.29, 0.717) is 12.8 Å². The van der Waals surface area contributed by atoms with Gasteiger partial charge < -0.3 is 4.74 Å². The molecule has 0 unspecified atom stereocenters. The highest BCUT2D eigenvalue weighted by molar-refractivity contribution is 6.18. The van der Waals surface area contributed by atoms with E-state index >= 15 is 0 Å². The van der Waals surface area contributed by atoms with Crippen molar-refractivity contribution in [2.45, 2.75) is 18.4 Å². The number of H-pyrrole nitrogens is 2. The predicted octanol–water partition coefficient (Wildman–Crippen LogP) is 0.967. The number of aromatic nitrogens is 3. The summed E-state index contributed by atoms with van der Waals surface area (Å²) < 4.78 is 5.53. The fraction of sp³-hybridized carbons (Fsp3) is 0.364. The molecule has 0 saturated carbocycles. The van der Waals surface area contributed by atoms with Gasteiger partial charge in [0.05, 0.1) is 5.88 Å². The Balaban J connectivity index is 3.08. The molecule has 98 valence electrons. The Morgan fingerprint density at radius 2 is 1.89 bits per heavy atom. The van der Waals surface area contributed by atoms with E-state index in [4.69, 9.17) is 16.3 Å². The molecule has 0 radical (unpaired) electrons. The van der Waals surface area contributed by atoms with Crippen LogP contribution >= 0.6 is 11.6 Å². The Morgan fingerprint density at radius 3 is 2.33 bits per heavy atom. The standard InChI is InChI=1S/C11H14ClN3O3/c1-3-5-11(7-12,6-4-2)18-10-14-8(16)13-9(17)15-10/h3-4H,1-2,5-7H2,(H2,13,14,15,16,17). The lowest BCUT2D eigenvalue weighted by atomic mass is 9.98. The van der Waals surface area contributed by atoms with Crippen LogP contribution in [0.25, 0.3) is 0 Å². The van der Waals surface area contributed by atoms with Gasteiger partial charge in [0.15, 0.2) is 0 Å². The third-order valence-corrected chi connectivity index (χ3v) is 2.72. The van der Waals surface area contributed by atoms with Crippen molar-refractivity contribution < 1.29 is 4.74 Å². The maximum absolute atomic E-state index is 11.1. The van der Waals surface area contributed by atoms with Crippen LogP contribution in [0.1, 0.15) is 12.8 Å². The Bertz CT molecular complexity index is 497. The zero-order chi connectivity index (χ0) is 13.6. The van der Waals surface area contributed by atoms with Crippen LogP contribution in [0.3, 0.4) is 0 Å². The van der Waals surface area contributed by atoms with E-state index < -0.39 is 17.0 Å². The lowest BCUT2D eigenvalue weighted by Crippen LogP contribution is -2.39. The number of rotatable bonds is 7. The van der Waals surface area contributed by atoms with Crippen molar-refractivity contribution >= 4 is 11.6 Å². The first-order valence-corrected chi connectivity index (χ1v) is 5.76. The molecule has 1 heterocycles. The molecule has 0 aliphatic heterocycles. The number of alkyl halides is 1. The largest absolute Gasteiger partial charge is 0.456 e. The first kappa shape index (κ1) is 14.2. The van der Waals surface area contributed by atoms with Crippen molar-refractivity contribution in [2.75, 3.05) is 5.88 Å². The van der Waals surface area contributed by atoms with E-state index in [1.165, 1.54) is 0 Å². The van der Waals surface area contributed by atoms with Crippen LogP contribution in [0.5, 0.6) is 6.01 Å². The second-order valence-corrected chi connectivity index (χ2v) is 3.97. The van der Waals surface area contributed by atoms with Gasteiger partial charge in [0, 0.05) is 12.8 Å². The van der Waals surface area contributed by atoms with Gasteiger partial charge in [-0.15, -0.1) is 29.7 Å². The summed E-state index contributed by atoms with van der Waals surface area (Å²) in [6, 6.07) is -0.173. The summed E-state index contributed by atoms with van der Waals surface area (Å²) >= 11 is 5.89. The number of ether oxygens (including phenoxy) is 1. The Morgan fingerprint density at radius 1 is 1.28 bits per heavy atom. The molecule has 0 aliphatic carbocycles. The van der Waals surface area contributed by atoms with E-state index in [-0.39, 0.29) is 11.9 Å². The summed E-state index contributed by atoms with van der Waals surface area (Å²) in [6.45, 7) is 7.24. The summed E-state index contributed by atoms with van der Waals surface area (Å²) in [7, 11) is 0. The monoisotopic (exact) mass is 271 g/mol. The molecule has 1 rings (SSSR count). The molecule has 7 heteroatoms. The summed E-state index contributed by atoms with van der Waals surface area (Å²) in [5.41, 5.74) is -2.30. The van der Waals surface area contributed by atoms with Gasteiger partial charge in [-0.05, 0) is 0 Å². The molecule has 1 aromatic heterocycles. The molecule has 2 N–H and O–H groups in total. The molecular formula is C11H14ClN3O3. The summed E-state index contributed by atoms with van der Waals surface area (Å²) in [4.78, 5) is 29.9. The Kier molecular flexibility index (Phi) is 4.91. The average Bonchev–Trinajstić information content (AvgIpc) is 2.28. The van der Waals surface area contributed by atoms with Crippen molar-refractivity contribution in [2.24, 2.45) is 0 Å². The maximum Gasteiger partial charge on any atom is 0.353 e. The lowest BCUT2D eigenvalue weighted by molar-refractivity contribution is 0.0853. The molecule has 6 nitrogen and oxygen atoms in total. The highest BCUT2D eigenvalue weighted by Crippen LogP contribution is 2.24. The van der Waals surface area contributed by atoms with Crippen LogP contribution in [-0.4, -0.2) is 26.4 Å². The van der Waals surface area contributed by atoms with Crippen LogP contribution in [0.2, 0.25) is 0 Å². The molecule has 0 fully saturated rings. The van der Waals surface area contributed by atoms with E-state index in [1.54, 1.807) is 12.2 Å². The first-order chi connectivity index (χ1) is 8.55. The van der Waals surface area contributed by atoms with Crippen LogP contribution < -0.4 is 16.1 Å². The lowest BCUT2D eigenvalue weighted by Gasteiger charge is -2.29. The number of aromatic amines is 2. The van der Waals surface area contributed by atoms with Gasteiger partial charge in [0.2, 0.25) is 0 Å². The molecular weight excluding hydrogens is 258 g/mol. The quantitative estimate of drug-likeness (QED) is 0.571. The highest BCUT2D eigenvalue weighted by Gasteiger charge is 2.30. The fourth-order valence-electron chi connectivity index (χ4n) is 1.46. The molecule has 0 aliphatic rings. The molecule has 18 heavy (non-hydrogen) atoms. The summed E-state index contributed by atoms with van der Waals surface area (Å²) in [5, 5.41) is 0. The van der Waals surface area contributed by atoms with Crippen LogP contribution in [0.15, 0.2) is 34.9 Å². The van der Waals surface area contributed by atoms with E-state index in [0.717, 1.165) is 0 Å². The zero-order valence-electron chi connectivity index (χ0n) is 9.74. The normalized spacial score (nSPS) is 10.9. The maximum atomic E-state index is 11.1. The van der Waals surface area contributed by atoms with Crippen LogP contribution in [-0.2, 0) is 0 Å². The van der Waals surface area contributed by atoms with Crippen molar-refractivity contribution in [3.05, 3.63) is 46.3 Å². The molecule has 0 spiro atoms. The molecule has 0 atom stereocenters. The molecule has 0 amide bonds. The minimum Gasteiger partial charge on any atom is -0.456 e. The van der Waals surface area contributed by atoms with E-state index in [1.807, 2.05) is 4.98 Å². The van der Waals surface area contributed by atoms with Gasteiger partial charge in [-0.1, -0.05) is 12.2 Å². The van der Waals surface area contributed by atoms with Crippen molar-refractivity contribution in [1.82, 2.24) is 15.0 Å². The Hall–Kier alpha value is -1.82. The van der Waals surface area contributed by atoms with Gasteiger partial charge in [0.1, 0.15) is 5.60 Å². The van der Waals surface area contributed by atoms with Gasteiger partial charge in [0.25, 0.3) is 0 Å². The molecule has 0 saturated heterocycles. The molecule has 0 aromatic carbocycles. The summed E-state index contributed by atoms with van der Waals surface area (Å²) in [6.07, 6.45) is 4.13. The topological polar surface area (TPSA) is 87.8 Å². The molecule has 1 aromatic rings. The number of nitrogens with one attached hydrogen (secondary N) is 2. The zero-order valence-corrected chi connectivity index (χ0v) is 10.5. The van der Waals surface area contributed by atoms with Crippen molar-refractivity contribution in [1.29, 1.82) is 0 Å². The van der Waals surface area contributed by atoms with Gasteiger partial charge in [-0.25, -0.2) is 9.59 Å². The average molecular weight is 272 g/mol. The Labute approximate surface area is 108 Å². The van der Waals surface area contributed by atoms with Gasteiger partial charge >= 0.3 is 17.4 Å². The summed E-state index contributed by atoms with van der Waals surface area (Å²) in [5.74, 6) is 0.140. The SMILES string of the molecule is C=CCC(CCl)(CC=C)Oc1nc(=O)[nH]c(=O)[nH]1. The minimum atomic E-state index is -0.825. The van der Waals surface area contributed by atoms with Crippen molar-refractivity contribution in [3.63, 3.8) is 0 Å². The van der Waals surface area contributed by atoms with E-state index in [9.17, 15) is 9.59 Å². The van der Waals surface area contributed by atoms with E-state index in [2.05, 4.69) is 23.1 Å². The van der Waals surface area contributed by atoms with Gasteiger partial charge in [-0.3, -0.25) is 9.97 Å². The predicted molar refractivity (Wildman–Crippen MR) is 69.2 cm³/mol. The fourth-order valence-corrected chi connectivity index (χ4v) is 1.73. The van der Waals surface area contributed by atoms with Crippen LogP contribution in [0, 0.1) is 0 Å². The van der Waals surface area contributed by atoms with Gasteiger partial charge in [-0.2, -0.15) is 0 Å². The first-order valence-electron chi connectivity index (χ1n) is 5.22.